The fourth-order valence-electron chi connectivity index (χ4n) is 3.97. The molecule has 5 rings (SSSR count). The molecule has 0 unspecified atom stereocenters. The van der Waals surface area contributed by atoms with Crippen LogP contribution < -0.4 is 4.90 Å². The van der Waals surface area contributed by atoms with Crippen molar-refractivity contribution in [2.75, 3.05) is 4.90 Å². The molecule has 0 aliphatic heterocycles. The van der Waals surface area contributed by atoms with Gasteiger partial charge in [0.2, 0.25) is 0 Å². The third-order valence-corrected chi connectivity index (χ3v) is 6.34. The van der Waals surface area contributed by atoms with Crippen LogP contribution in [0.15, 0.2) is 103 Å². The Balaban J connectivity index is 1.66. The molecule has 5 heteroatoms. The van der Waals surface area contributed by atoms with E-state index in [-0.39, 0.29) is 5.91 Å². The zero-order chi connectivity index (χ0) is 22.6. The van der Waals surface area contributed by atoms with Gasteiger partial charge in [0.15, 0.2) is 0 Å². The van der Waals surface area contributed by atoms with Gasteiger partial charge in [-0.3, -0.25) is 9.78 Å². The molecule has 1 aromatic heterocycles. The number of rotatable bonds is 5. The van der Waals surface area contributed by atoms with E-state index in [0.717, 1.165) is 32.5 Å². The van der Waals surface area contributed by atoms with Gasteiger partial charge < -0.3 is 4.90 Å². The van der Waals surface area contributed by atoms with E-state index in [4.69, 9.17) is 0 Å². The van der Waals surface area contributed by atoms with Crippen molar-refractivity contribution < 1.29 is 4.79 Å². The normalized spacial score (nSPS) is 10.6. The van der Waals surface area contributed by atoms with E-state index < -0.39 is 0 Å². The number of fused-ring (bicyclic) bond motifs is 1. The standard InChI is InChI=1S/C28H19N3OS/c29-16-22-13-14-23(15-27(22)26-12-6-10-20-7-4-5-11-25(20)26)31(18-24-17-30-19-33-24)28(32)21-8-2-1-3-9-21/h1-15,17,19H,18H2. The molecule has 0 bridgehead atoms. The molecule has 0 atom stereocenters. The third-order valence-electron chi connectivity index (χ3n) is 5.58. The average Bonchev–Trinajstić information content (AvgIpc) is 3.40. The average molecular weight is 446 g/mol. The van der Waals surface area contributed by atoms with Crippen molar-refractivity contribution in [3.05, 3.63) is 119 Å². The van der Waals surface area contributed by atoms with Gasteiger partial charge in [0.1, 0.15) is 0 Å². The summed E-state index contributed by atoms with van der Waals surface area (Å²) in [4.78, 5) is 20.4. The van der Waals surface area contributed by atoms with E-state index in [1.807, 2.05) is 66.7 Å². The van der Waals surface area contributed by atoms with Crippen molar-refractivity contribution in [1.82, 2.24) is 4.98 Å². The van der Waals surface area contributed by atoms with E-state index in [0.29, 0.717) is 17.7 Å². The maximum atomic E-state index is 13.5. The second-order valence-electron chi connectivity index (χ2n) is 7.59. The topological polar surface area (TPSA) is 57.0 Å². The minimum atomic E-state index is -0.0995. The summed E-state index contributed by atoms with van der Waals surface area (Å²) >= 11 is 1.51. The molecule has 0 aliphatic rings. The van der Waals surface area contributed by atoms with Crippen molar-refractivity contribution in [3.63, 3.8) is 0 Å². The Morgan fingerprint density at radius 1 is 0.909 bits per heavy atom. The number of thiazole rings is 1. The second kappa shape index (κ2) is 9.07. The molecule has 0 fully saturated rings. The summed E-state index contributed by atoms with van der Waals surface area (Å²) in [5, 5.41) is 12.0. The van der Waals surface area contributed by atoms with E-state index in [2.05, 4.69) is 29.3 Å². The maximum Gasteiger partial charge on any atom is 0.258 e. The van der Waals surface area contributed by atoms with Crippen molar-refractivity contribution in [3.8, 4) is 17.2 Å². The summed E-state index contributed by atoms with van der Waals surface area (Å²) in [5.41, 5.74) is 5.46. The Morgan fingerprint density at radius 3 is 2.48 bits per heavy atom. The highest BCUT2D eigenvalue weighted by atomic mass is 32.1. The van der Waals surface area contributed by atoms with Gasteiger partial charge >= 0.3 is 0 Å². The Bertz CT molecular complexity index is 1470. The first-order valence-electron chi connectivity index (χ1n) is 10.5. The second-order valence-corrected chi connectivity index (χ2v) is 8.56. The monoisotopic (exact) mass is 445 g/mol. The number of anilines is 1. The molecule has 0 saturated heterocycles. The van der Waals surface area contributed by atoms with Crippen LogP contribution in [-0.2, 0) is 6.54 Å². The lowest BCUT2D eigenvalue weighted by Crippen LogP contribution is -2.30. The molecule has 0 saturated carbocycles. The SMILES string of the molecule is N#Cc1ccc(N(Cc2cncs2)C(=O)c2ccccc2)cc1-c1cccc2ccccc12. The van der Waals surface area contributed by atoms with Crippen molar-refractivity contribution in [2.45, 2.75) is 6.54 Å². The van der Waals surface area contributed by atoms with E-state index in [1.54, 1.807) is 22.7 Å². The van der Waals surface area contributed by atoms with Crippen LogP contribution in [0, 0.1) is 11.3 Å². The molecule has 4 nitrogen and oxygen atoms in total. The van der Waals surface area contributed by atoms with Crippen LogP contribution in [0.4, 0.5) is 5.69 Å². The predicted octanol–water partition coefficient (Wildman–Crippen LogP) is 6.68. The highest BCUT2D eigenvalue weighted by Gasteiger charge is 2.21. The molecule has 33 heavy (non-hydrogen) atoms. The highest BCUT2D eigenvalue weighted by molar-refractivity contribution is 7.09. The van der Waals surface area contributed by atoms with Crippen molar-refractivity contribution >= 4 is 33.7 Å². The van der Waals surface area contributed by atoms with Crippen LogP contribution in [0.2, 0.25) is 0 Å². The summed E-state index contributed by atoms with van der Waals surface area (Å²) in [6, 6.07) is 31.3. The van der Waals surface area contributed by atoms with E-state index in [9.17, 15) is 10.1 Å². The van der Waals surface area contributed by atoms with Crippen LogP contribution in [0.5, 0.6) is 0 Å². The molecule has 0 spiro atoms. The van der Waals surface area contributed by atoms with E-state index >= 15 is 0 Å². The molecule has 0 N–H and O–H groups in total. The van der Waals surface area contributed by atoms with Crippen LogP contribution >= 0.6 is 11.3 Å². The zero-order valence-corrected chi connectivity index (χ0v) is 18.5. The third kappa shape index (κ3) is 4.12. The Kier molecular flexibility index (Phi) is 5.67. The molecule has 5 aromatic rings. The maximum absolute atomic E-state index is 13.5. The highest BCUT2D eigenvalue weighted by Crippen LogP contribution is 2.34. The van der Waals surface area contributed by atoms with Gasteiger partial charge in [-0.2, -0.15) is 5.26 Å². The molecular weight excluding hydrogens is 426 g/mol. The van der Waals surface area contributed by atoms with Crippen LogP contribution in [-0.4, -0.2) is 10.9 Å². The van der Waals surface area contributed by atoms with Crippen LogP contribution in [0.1, 0.15) is 20.8 Å². The lowest BCUT2D eigenvalue weighted by molar-refractivity contribution is 0.0985. The van der Waals surface area contributed by atoms with E-state index in [1.165, 1.54) is 11.3 Å². The molecule has 1 amide bonds. The molecule has 1 heterocycles. The predicted molar refractivity (Wildman–Crippen MR) is 133 cm³/mol. The van der Waals surface area contributed by atoms with Crippen molar-refractivity contribution in [1.29, 1.82) is 5.26 Å². The lowest BCUT2D eigenvalue weighted by atomic mass is 9.94. The zero-order valence-electron chi connectivity index (χ0n) is 17.7. The summed E-state index contributed by atoms with van der Waals surface area (Å²) in [6.45, 7) is 0.402. The first-order valence-corrected chi connectivity index (χ1v) is 11.4. The quantitative estimate of drug-likeness (QED) is 0.303. The number of nitriles is 1. The molecule has 158 valence electrons. The molecule has 0 radical (unpaired) electrons. The summed E-state index contributed by atoms with van der Waals surface area (Å²) in [5.74, 6) is -0.0995. The number of amides is 1. The minimum Gasteiger partial charge on any atom is -0.303 e. The number of aromatic nitrogens is 1. The first kappa shape index (κ1) is 20.6. The Morgan fingerprint density at radius 2 is 1.70 bits per heavy atom. The molecule has 4 aromatic carbocycles. The number of hydrogen-bond donors (Lipinski definition) is 0. The van der Waals surface area contributed by atoms with Gasteiger partial charge in [0.25, 0.3) is 5.91 Å². The van der Waals surface area contributed by atoms with Crippen molar-refractivity contribution in [2.24, 2.45) is 0 Å². The fourth-order valence-corrected chi connectivity index (χ4v) is 4.56. The minimum absolute atomic E-state index is 0.0995. The lowest BCUT2D eigenvalue weighted by Gasteiger charge is -2.23. The largest absolute Gasteiger partial charge is 0.303 e. The molecular formula is C28H19N3OS. The number of carbonyl (C=O) groups is 1. The Hall–Kier alpha value is -4.27. The Labute approximate surface area is 196 Å². The number of carbonyl (C=O) groups excluding carboxylic acids is 1. The van der Waals surface area contributed by atoms with Gasteiger partial charge in [0, 0.05) is 27.9 Å². The van der Waals surface area contributed by atoms with Gasteiger partial charge in [-0.25, -0.2) is 0 Å². The van der Waals surface area contributed by atoms with Crippen LogP contribution in [0.25, 0.3) is 21.9 Å². The summed E-state index contributed by atoms with van der Waals surface area (Å²) < 4.78 is 0. The summed E-state index contributed by atoms with van der Waals surface area (Å²) in [7, 11) is 0. The van der Waals surface area contributed by atoms with Crippen LogP contribution in [0.3, 0.4) is 0 Å². The van der Waals surface area contributed by atoms with Gasteiger partial charge in [-0.15, -0.1) is 11.3 Å². The summed E-state index contributed by atoms with van der Waals surface area (Å²) in [6.07, 6.45) is 1.78. The first-order chi connectivity index (χ1) is 16.2. The van der Waals surface area contributed by atoms with Gasteiger partial charge in [0.05, 0.1) is 23.7 Å². The smallest absolute Gasteiger partial charge is 0.258 e. The number of nitrogens with zero attached hydrogens (tertiary/aromatic N) is 3. The van der Waals surface area contributed by atoms with Gasteiger partial charge in [-0.05, 0) is 46.7 Å². The van der Waals surface area contributed by atoms with Gasteiger partial charge in [-0.1, -0.05) is 60.7 Å². The number of hydrogen-bond acceptors (Lipinski definition) is 4. The molecule has 0 aliphatic carbocycles. The fraction of sp³-hybridized carbons (Fsp3) is 0.0357. The number of benzene rings is 4.